The normalized spacial score (nSPS) is 19.2. The van der Waals surface area contributed by atoms with Crippen LogP contribution in [-0.4, -0.2) is 37.3 Å². The van der Waals surface area contributed by atoms with E-state index in [9.17, 15) is 0 Å². The molecule has 1 aliphatic heterocycles. The fourth-order valence-electron chi connectivity index (χ4n) is 5.03. The summed E-state index contributed by atoms with van der Waals surface area (Å²) in [5.74, 6) is 0.681. The summed E-state index contributed by atoms with van der Waals surface area (Å²) in [4.78, 5) is 9.94. The summed E-state index contributed by atoms with van der Waals surface area (Å²) in [5.41, 5.74) is 14.1. The van der Waals surface area contributed by atoms with Crippen molar-refractivity contribution in [3.63, 3.8) is 0 Å². The third-order valence-corrected chi connectivity index (χ3v) is 7.04. The first-order valence-corrected chi connectivity index (χ1v) is 13.7. The lowest BCUT2D eigenvalue weighted by molar-refractivity contribution is 0.235. The molecule has 8 heteroatoms. The Morgan fingerprint density at radius 3 is 1.69 bits per heavy atom. The van der Waals surface area contributed by atoms with Gasteiger partial charge in [-0.15, -0.1) is 0 Å². The van der Waals surface area contributed by atoms with Gasteiger partial charge in [0.15, 0.2) is 5.79 Å². The molecule has 0 bridgehead atoms. The summed E-state index contributed by atoms with van der Waals surface area (Å²) in [6, 6.07) is 29.5. The highest BCUT2D eigenvalue weighted by Gasteiger charge is 2.35. The predicted octanol–water partition coefficient (Wildman–Crippen LogP) is 3.52. The van der Waals surface area contributed by atoms with E-state index < -0.39 is 5.79 Å². The number of nitrogens with two attached hydrogens (primary N) is 2. The molecule has 8 nitrogen and oxygen atoms in total. The van der Waals surface area contributed by atoms with E-state index in [1.807, 2.05) is 0 Å². The van der Waals surface area contributed by atoms with E-state index in [4.69, 9.17) is 21.5 Å². The van der Waals surface area contributed by atoms with Crippen molar-refractivity contribution >= 4 is 33.5 Å². The van der Waals surface area contributed by atoms with Gasteiger partial charge >= 0.3 is 0 Å². The summed E-state index contributed by atoms with van der Waals surface area (Å²) in [6.07, 6.45) is 2.42. The lowest BCUT2D eigenvalue weighted by Crippen LogP contribution is -2.77. The quantitative estimate of drug-likeness (QED) is 0.168. The molecule has 5 rings (SSSR count). The second-order valence-electron chi connectivity index (χ2n) is 9.85. The van der Waals surface area contributed by atoms with Crippen LogP contribution in [0.25, 0.3) is 21.5 Å². The van der Waals surface area contributed by atoms with Crippen LogP contribution in [0.5, 0.6) is 0 Å². The molecule has 0 unspecified atom stereocenters. The Labute approximate surface area is 230 Å². The SMILES string of the molecule is NCCCNC1(CCCN)NC(=NCc2cccc3ccccc23)NC(=NCc2cccc3ccccc23)N1. The summed E-state index contributed by atoms with van der Waals surface area (Å²) >= 11 is 0. The van der Waals surface area contributed by atoms with Crippen molar-refractivity contribution in [2.45, 2.75) is 38.1 Å². The molecule has 39 heavy (non-hydrogen) atoms. The molecule has 1 aliphatic rings. The molecular formula is C31H38N8. The smallest absolute Gasteiger partial charge is 0.201 e. The van der Waals surface area contributed by atoms with Crippen molar-refractivity contribution in [2.75, 3.05) is 19.6 Å². The Hall–Kier alpha value is -3.98. The topological polar surface area (TPSA) is 125 Å². The van der Waals surface area contributed by atoms with E-state index in [0.29, 0.717) is 38.1 Å². The van der Waals surface area contributed by atoms with Crippen molar-refractivity contribution in [2.24, 2.45) is 21.5 Å². The van der Waals surface area contributed by atoms with Gasteiger partial charge in [-0.2, -0.15) is 0 Å². The molecule has 8 N–H and O–H groups in total. The highest BCUT2D eigenvalue weighted by Crippen LogP contribution is 2.21. The van der Waals surface area contributed by atoms with E-state index in [1.165, 1.54) is 32.7 Å². The highest BCUT2D eigenvalue weighted by atomic mass is 15.5. The second kappa shape index (κ2) is 12.7. The van der Waals surface area contributed by atoms with Crippen molar-refractivity contribution < 1.29 is 0 Å². The van der Waals surface area contributed by atoms with E-state index in [2.05, 4.69) is 106 Å². The molecule has 0 atom stereocenters. The molecular weight excluding hydrogens is 484 g/mol. The molecule has 202 valence electrons. The number of nitrogens with one attached hydrogen (secondary N) is 4. The Balaban J connectivity index is 1.45. The molecule has 1 saturated heterocycles. The first-order valence-electron chi connectivity index (χ1n) is 13.7. The number of guanidine groups is 2. The van der Waals surface area contributed by atoms with Crippen LogP contribution in [0, 0.1) is 0 Å². The van der Waals surface area contributed by atoms with Crippen LogP contribution in [0.4, 0.5) is 0 Å². The minimum atomic E-state index is -0.644. The highest BCUT2D eigenvalue weighted by molar-refractivity contribution is 6.01. The number of nitrogens with zero attached hydrogens (tertiary/aromatic N) is 2. The van der Waals surface area contributed by atoms with Gasteiger partial charge in [-0.25, -0.2) is 9.98 Å². The molecule has 0 saturated carbocycles. The number of rotatable bonds is 11. The largest absolute Gasteiger partial charge is 0.330 e. The molecule has 0 aromatic heterocycles. The Morgan fingerprint density at radius 1 is 0.641 bits per heavy atom. The first-order chi connectivity index (χ1) is 19.2. The minimum absolute atomic E-state index is 0.531. The fraction of sp³-hybridized carbons (Fsp3) is 0.290. The van der Waals surface area contributed by atoms with Gasteiger partial charge in [-0.3, -0.25) is 10.6 Å². The van der Waals surface area contributed by atoms with Crippen LogP contribution in [0.2, 0.25) is 0 Å². The third kappa shape index (κ3) is 6.54. The lowest BCUT2D eigenvalue weighted by atomic mass is 10.0. The zero-order chi connectivity index (χ0) is 26.9. The second-order valence-corrected chi connectivity index (χ2v) is 9.85. The van der Waals surface area contributed by atoms with Gasteiger partial charge in [-0.1, -0.05) is 84.9 Å². The van der Waals surface area contributed by atoms with Crippen molar-refractivity contribution in [1.29, 1.82) is 0 Å². The zero-order valence-electron chi connectivity index (χ0n) is 22.3. The van der Waals surface area contributed by atoms with Crippen molar-refractivity contribution in [1.82, 2.24) is 21.3 Å². The van der Waals surface area contributed by atoms with Crippen LogP contribution in [0.3, 0.4) is 0 Å². The van der Waals surface area contributed by atoms with E-state index in [0.717, 1.165) is 25.8 Å². The van der Waals surface area contributed by atoms with Crippen molar-refractivity contribution in [3.05, 3.63) is 96.1 Å². The Bertz CT molecular complexity index is 1350. The number of aliphatic imine (C=N–C) groups is 2. The summed E-state index contributed by atoms with van der Waals surface area (Å²) in [5, 5.41) is 19.0. The molecule has 0 aliphatic carbocycles. The van der Waals surface area contributed by atoms with Gasteiger partial charge in [0.1, 0.15) is 0 Å². The maximum Gasteiger partial charge on any atom is 0.201 e. The molecule has 0 radical (unpaired) electrons. The van der Waals surface area contributed by atoms with Gasteiger partial charge < -0.3 is 22.1 Å². The maximum absolute atomic E-state index is 5.92. The van der Waals surface area contributed by atoms with Gasteiger partial charge in [0, 0.05) is 13.0 Å². The van der Waals surface area contributed by atoms with Gasteiger partial charge in [0.2, 0.25) is 11.9 Å². The van der Waals surface area contributed by atoms with E-state index >= 15 is 0 Å². The molecule has 4 aromatic carbocycles. The number of benzene rings is 4. The average Bonchev–Trinajstić information content (AvgIpc) is 2.98. The summed E-state index contributed by atoms with van der Waals surface area (Å²) in [6.45, 7) is 3.00. The van der Waals surface area contributed by atoms with Crippen LogP contribution in [-0.2, 0) is 13.1 Å². The molecule has 4 aromatic rings. The number of fused-ring (bicyclic) bond motifs is 2. The molecule has 0 amide bonds. The zero-order valence-corrected chi connectivity index (χ0v) is 22.3. The number of hydrogen-bond donors (Lipinski definition) is 6. The number of hydrogen-bond acceptors (Lipinski definition) is 5. The Morgan fingerprint density at radius 2 is 1.15 bits per heavy atom. The molecule has 0 spiro atoms. The van der Waals surface area contributed by atoms with Gasteiger partial charge in [-0.05, 0) is 58.6 Å². The van der Waals surface area contributed by atoms with Gasteiger partial charge in [0.05, 0.1) is 13.1 Å². The van der Waals surface area contributed by atoms with Crippen LogP contribution in [0.15, 0.2) is 94.9 Å². The van der Waals surface area contributed by atoms with Crippen LogP contribution in [0.1, 0.15) is 30.4 Å². The van der Waals surface area contributed by atoms with Crippen LogP contribution >= 0.6 is 0 Å². The van der Waals surface area contributed by atoms with Crippen LogP contribution < -0.4 is 32.7 Å². The summed E-state index contributed by atoms with van der Waals surface area (Å²) < 4.78 is 0. The lowest BCUT2D eigenvalue weighted by Gasteiger charge is -2.42. The molecule has 1 heterocycles. The minimum Gasteiger partial charge on any atom is -0.330 e. The van der Waals surface area contributed by atoms with E-state index in [-0.39, 0.29) is 0 Å². The van der Waals surface area contributed by atoms with Gasteiger partial charge in [0.25, 0.3) is 0 Å². The summed E-state index contributed by atoms with van der Waals surface area (Å²) in [7, 11) is 0. The van der Waals surface area contributed by atoms with Crippen molar-refractivity contribution in [3.8, 4) is 0 Å². The Kier molecular flexibility index (Phi) is 8.68. The predicted molar refractivity (Wildman–Crippen MR) is 162 cm³/mol. The molecule has 1 fully saturated rings. The average molecular weight is 523 g/mol. The van der Waals surface area contributed by atoms with E-state index in [1.54, 1.807) is 0 Å². The third-order valence-electron chi connectivity index (χ3n) is 7.04. The first kappa shape index (κ1) is 26.6. The standard InChI is InChI=1S/C31H38N8/c32-18-7-17-31(36-20-8-19-33)38-29(34-21-25-13-5-11-23-9-1-3-15-27(23)25)37-30(39-31)35-22-26-14-6-12-24-10-2-4-16-28(24)26/h1-6,9-16,36H,7-8,17-22,32-33H2,(H3,34,35,37,38,39). The maximum atomic E-state index is 5.92. The monoisotopic (exact) mass is 522 g/mol. The fourth-order valence-corrected chi connectivity index (χ4v) is 5.03.